The van der Waals surface area contributed by atoms with Crippen molar-refractivity contribution in [2.45, 2.75) is 89.1 Å². The molecule has 0 radical (unpaired) electrons. The van der Waals surface area contributed by atoms with E-state index in [0.29, 0.717) is 36.4 Å². The van der Waals surface area contributed by atoms with Crippen molar-refractivity contribution in [3.8, 4) is 0 Å². The number of aliphatic hydroxyl groups excluding tert-OH is 1. The van der Waals surface area contributed by atoms with Crippen LogP contribution in [-0.4, -0.2) is 40.9 Å². The van der Waals surface area contributed by atoms with E-state index in [4.69, 9.17) is 9.47 Å². The summed E-state index contributed by atoms with van der Waals surface area (Å²) in [5.41, 5.74) is -0.247. The maximum absolute atomic E-state index is 11.9. The standard InChI is InChI=1S/C22H36O4/c1-20-9-7-15(23)13-14(20)3-4-16-17(20)8-10-22(24)18(16)5-6-19(22)21(2)25-11-12-26-21/h14-19,23-24H,3-13H2,1-2H3. The minimum absolute atomic E-state index is 0.0855. The minimum Gasteiger partial charge on any atom is -0.393 e. The third-order valence-corrected chi connectivity index (χ3v) is 9.60. The summed E-state index contributed by atoms with van der Waals surface area (Å²) in [5, 5.41) is 22.0. The molecule has 8 atom stereocenters. The van der Waals surface area contributed by atoms with Crippen LogP contribution in [0.2, 0.25) is 0 Å². The molecule has 0 spiro atoms. The monoisotopic (exact) mass is 364 g/mol. The Bertz CT molecular complexity index is 558. The van der Waals surface area contributed by atoms with Gasteiger partial charge in [-0.1, -0.05) is 6.92 Å². The molecule has 4 saturated carbocycles. The maximum atomic E-state index is 11.9. The summed E-state index contributed by atoms with van der Waals surface area (Å²) in [6.45, 7) is 5.86. The van der Waals surface area contributed by atoms with Crippen LogP contribution in [0, 0.1) is 35.0 Å². The first-order chi connectivity index (χ1) is 12.4. The quantitative estimate of drug-likeness (QED) is 0.748. The largest absolute Gasteiger partial charge is 0.393 e. The van der Waals surface area contributed by atoms with Crippen molar-refractivity contribution >= 4 is 0 Å². The molecule has 5 rings (SSSR count). The Balaban J connectivity index is 1.41. The summed E-state index contributed by atoms with van der Waals surface area (Å²) in [6, 6.07) is 0. The fraction of sp³-hybridized carbons (Fsp3) is 1.00. The molecule has 1 aliphatic heterocycles. The van der Waals surface area contributed by atoms with Crippen molar-refractivity contribution in [2.75, 3.05) is 13.2 Å². The molecule has 0 aromatic carbocycles. The molecule has 0 amide bonds. The molecule has 1 heterocycles. The van der Waals surface area contributed by atoms with Gasteiger partial charge >= 0.3 is 0 Å². The number of hydrogen-bond acceptors (Lipinski definition) is 4. The molecule has 4 nitrogen and oxygen atoms in total. The Morgan fingerprint density at radius 2 is 1.62 bits per heavy atom. The lowest BCUT2D eigenvalue weighted by Gasteiger charge is -2.60. The number of aliphatic hydroxyl groups is 2. The van der Waals surface area contributed by atoms with Crippen LogP contribution in [0.1, 0.15) is 71.6 Å². The number of rotatable bonds is 1. The van der Waals surface area contributed by atoms with E-state index in [1.54, 1.807) is 0 Å². The fourth-order valence-electron chi connectivity index (χ4n) is 8.33. The smallest absolute Gasteiger partial charge is 0.171 e. The third-order valence-electron chi connectivity index (χ3n) is 9.60. The zero-order chi connectivity index (χ0) is 18.2. The highest BCUT2D eigenvalue weighted by molar-refractivity contribution is 5.13. The highest BCUT2D eigenvalue weighted by Gasteiger charge is 2.65. The Labute approximate surface area is 157 Å². The first-order valence-electron chi connectivity index (χ1n) is 11.1. The summed E-state index contributed by atoms with van der Waals surface area (Å²) >= 11 is 0. The zero-order valence-electron chi connectivity index (χ0n) is 16.5. The first kappa shape index (κ1) is 17.9. The Kier molecular flexibility index (Phi) is 4.08. The Hall–Kier alpha value is -0.160. The minimum atomic E-state index is -0.613. The number of ether oxygens (including phenoxy) is 2. The average Bonchev–Trinajstić information content (AvgIpc) is 3.19. The van der Waals surface area contributed by atoms with Crippen molar-refractivity contribution in [1.29, 1.82) is 0 Å². The van der Waals surface area contributed by atoms with E-state index in [2.05, 4.69) is 13.8 Å². The molecule has 5 fully saturated rings. The summed E-state index contributed by atoms with van der Waals surface area (Å²) in [4.78, 5) is 0. The van der Waals surface area contributed by atoms with Crippen LogP contribution in [0.15, 0.2) is 0 Å². The van der Waals surface area contributed by atoms with Crippen LogP contribution in [-0.2, 0) is 9.47 Å². The van der Waals surface area contributed by atoms with Crippen molar-refractivity contribution in [3.63, 3.8) is 0 Å². The number of hydrogen-bond donors (Lipinski definition) is 2. The van der Waals surface area contributed by atoms with Crippen LogP contribution in [0.5, 0.6) is 0 Å². The SMILES string of the molecule is CC1(C2CCC3C4CCC5CC(O)CCC5(C)C4CCC32O)OCCO1. The van der Waals surface area contributed by atoms with Gasteiger partial charge in [0.15, 0.2) is 5.79 Å². The van der Waals surface area contributed by atoms with Gasteiger partial charge in [-0.25, -0.2) is 0 Å². The maximum Gasteiger partial charge on any atom is 0.171 e. The molecule has 0 aromatic heterocycles. The normalized spacial score (nSPS) is 55.8. The van der Waals surface area contributed by atoms with Crippen molar-refractivity contribution in [2.24, 2.45) is 35.0 Å². The second-order valence-corrected chi connectivity index (χ2v) is 10.5. The van der Waals surface area contributed by atoms with Gasteiger partial charge in [0, 0.05) is 5.92 Å². The molecule has 5 aliphatic rings. The molecule has 0 aromatic rings. The van der Waals surface area contributed by atoms with E-state index < -0.39 is 11.4 Å². The van der Waals surface area contributed by atoms with E-state index in [0.717, 1.165) is 44.4 Å². The van der Waals surface area contributed by atoms with Crippen molar-refractivity contribution in [3.05, 3.63) is 0 Å². The molecule has 4 aliphatic carbocycles. The van der Waals surface area contributed by atoms with Gasteiger partial charge in [-0.3, -0.25) is 0 Å². The Morgan fingerprint density at radius 1 is 0.846 bits per heavy atom. The predicted octanol–water partition coefficient (Wildman–Crippen LogP) is 3.49. The zero-order valence-corrected chi connectivity index (χ0v) is 16.5. The lowest BCUT2D eigenvalue weighted by atomic mass is 9.46. The first-order valence-corrected chi connectivity index (χ1v) is 11.1. The lowest BCUT2D eigenvalue weighted by Crippen LogP contribution is -2.59. The highest BCUT2D eigenvalue weighted by atomic mass is 16.7. The van der Waals surface area contributed by atoms with Gasteiger partial charge in [-0.05, 0) is 93.8 Å². The molecule has 2 N–H and O–H groups in total. The van der Waals surface area contributed by atoms with Crippen LogP contribution < -0.4 is 0 Å². The van der Waals surface area contributed by atoms with Crippen LogP contribution in [0.3, 0.4) is 0 Å². The molecular weight excluding hydrogens is 328 g/mol. The summed E-state index contributed by atoms with van der Waals surface area (Å²) in [6.07, 6.45) is 9.69. The lowest BCUT2D eigenvalue weighted by molar-refractivity contribution is -0.244. The van der Waals surface area contributed by atoms with E-state index in [9.17, 15) is 10.2 Å². The van der Waals surface area contributed by atoms with Crippen molar-refractivity contribution < 1.29 is 19.7 Å². The molecule has 4 heteroatoms. The fourth-order valence-corrected chi connectivity index (χ4v) is 8.33. The third kappa shape index (κ3) is 2.34. The second kappa shape index (κ2) is 5.92. The second-order valence-electron chi connectivity index (χ2n) is 10.5. The molecule has 26 heavy (non-hydrogen) atoms. The molecule has 8 unspecified atom stereocenters. The van der Waals surface area contributed by atoms with Gasteiger partial charge in [0.2, 0.25) is 0 Å². The van der Waals surface area contributed by atoms with Gasteiger partial charge in [-0.2, -0.15) is 0 Å². The van der Waals surface area contributed by atoms with E-state index in [1.165, 1.54) is 19.3 Å². The van der Waals surface area contributed by atoms with Crippen molar-refractivity contribution in [1.82, 2.24) is 0 Å². The average molecular weight is 365 g/mol. The summed E-state index contributed by atoms with van der Waals surface area (Å²) in [7, 11) is 0. The topological polar surface area (TPSA) is 58.9 Å². The molecule has 0 bridgehead atoms. The highest BCUT2D eigenvalue weighted by Crippen LogP contribution is 2.66. The molecular formula is C22H36O4. The summed E-state index contributed by atoms with van der Waals surface area (Å²) < 4.78 is 12.0. The van der Waals surface area contributed by atoms with Gasteiger partial charge in [0.1, 0.15) is 0 Å². The Morgan fingerprint density at radius 3 is 2.38 bits per heavy atom. The van der Waals surface area contributed by atoms with Gasteiger partial charge in [0.25, 0.3) is 0 Å². The van der Waals surface area contributed by atoms with Crippen LogP contribution in [0.25, 0.3) is 0 Å². The predicted molar refractivity (Wildman–Crippen MR) is 98.4 cm³/mol. The molecule has 148 valence electrons. The van der Waals surface area contributed by atoms with E-state index in [1.807, 2.05) is 0 Å². The molecule has 1 saturated heterocycles. The van der Waals surface area contributed by atoms with Gasteiger partial charge in [0.05, 0.1) is 24.9 Å². The van der Waals surface area contributed by atoms with Crippen LogP contribution >= 0.6 is 0 Å². The van der Waals surface area contributed by atoms with Crippen LogP contribution in [0.4, 0.5) is 0 Å². The van der Waals surface area contributed by atoms with Gasteiger partial charge < -0.3 is 19.7 Å². The van der Waals surface area contributed by atoms with E-state index >= 15 is 0 Å². The van der Waals surface area contributed by atoms with Gasteiger partial charge in [-0.15, -0.1) is 0 Å². The van der Waals surface area contributed by atoms with E-state index in [-0.39, 0.29) is 12.0 Å². The number of fused-ring (bicyclic) bond motifs is 5. The summed E-state index contributed by atoms with van der Waals surface area (Å²) in [5.74, 6) is 1.96.